The summed E-state index contributed by atoms with van der Waals surface area (Å²) in [5.41, 5.74) is 5.16. The van der Waals surface area contributed by atoms with Crippen LogP contribution in [0.3, 0.4) is 0 Å². The summed E-state index contributed by atoms with van der Waals surface area (Å²) in [5.74, 6) is 0.668. The standard InChI is InChI=1S/C26H28ClN7O/c1-18-14-19(6-7-22(18)24-31-23-16-28-17-30-25(23)32-24)26(35)29-8-3-9-33-10-12-34(13-11-33)21-5-2-4-20(27)15-21/h2,4-7,14-17H,3,8-13H2,1H3,(H,29,35)(H,28,30,31,32). The zero-order valence-electron chi connectivity index (χ0n) is 19.7. The number of hydrogen-bond acceptors (Lipinski definition) is 6. The van der Waals surface area contributed by atoms with E-state index in [2.05, 4.69) is 41.1 Å². The summed E-state index contributed by atoms with van der Waals surface area (Å²) in [6, 6.07) is 13.7. The highest BCUT2D eigenvalue weighted by Crippen LogP contribution is 2.24. The SMILES string of the molecule is Cc1cc(C(=O)NCCCN2CCN(c3cccc(Cl)c3)CC2)ccc1-c1nc2ncncc2[nH]1. The number of carbonyl (C=O) groups is 1. The van der Waals surface area contributed by atoms with E-state index in [0.29, 0.717) is 17.8 Å². The van der Waals surface area contributed by atoms with E-state index in [1.54, 1.807) is 6.20 Å². The van der Waals surface area contributed by atoms with Crippen LogP contribution in [0.2, 0.25) is 5.02 Å². The van der Waals surface area contributed by atoms with Gasteiger partial charge in [0.25, 0.3) is 5.91 Å². The highest BCUT2D eigenvalue weighted by molar-refractivity contribution is 6.30. The highest BCUT2D eigenvalue weighted by Gasteiger charge is 2.17. The molecule has 1 amide bonds. The van der Waals surface area contributed by atoms with Crippen LogP contribution < -0.4 is 10.2 Å². The molecule has 35 heavy (non-hydrogen) atoms. The first kappa shape index (κ1) is 23.3. The Balaban J connectivity index is 1.08. The molecule has 9 heteroatoms. The van der Waals surface area contributed by atoms with Gasteiger partial charge in [-0.25, -0.2) is 15.0 Å². The second-order valence-corrected chi connectivity index (χ2v) is 9.23. The summed E-state index contributed by atoms with van der Waals surface area (Å²) in [4.78, 5) is 33.5. The molecule has 1 aliphatic heterocycles. The average molecular weight is 490 g/mol. The maximum atomic E-state index is 12.7. The number of imidazole rings is 1. The van der Waals surface area contributed by atoms with Crippen LogP contribution in [0.4, 0.5) is 5.69 Å². The van der Waals surface area contributed by atoms with E-state index in [-0.39, 0.29) is 5.91 Å². The van der Waals surface area contributed by atoms with Crippen molar-refractivity contribution < 1.29 is 4.79 Å². The number of nitrogens with one attached hydrogen (secondary N) is 2. The predicted molar refractivity (Wildman–Crippen MR) is 139 cm³/mol. The average Bonchev–Trinajstić information content (AvgIpc) is 3.31. The van der Waals surface area contributed by atoms with Crippen molar-refractivity contribution in [1.82, 2.24) is 30.2 Å². The van der Waals surface area contributed by atoms with Gasteiger partial charge in [-0.2, -0.15) is 0 Å². The van der Waals surface area contributed by atoms with E-state index in [0.717, 1.165) is 66.6 Å². The second-order valence-electron chi connectivity index (χ2n) is 8.79. The third-order valence-corrected chi connectivity index (χ3v) is 6.62. The third-order valence-electron chi connectivity index (χ3n) is 6.39. The number of H-pyrrole nitrogens is 1. The number of nitrogens with zero attached hydrogens (tertiary/aromatic N) is 5. The lowest BCUT2D eigenvalue weighted by Crippen LogP contribution is -2.47. The number of aromatic nitrogens is 4. The van der Waals surface area contributed by atoms with Gasteiger partial charge in [0.1, 0.15) is 17.7 Å². The van der Waals surface area contributed by atoms with Crippen molar-refractivity contribution in [3.63, 3.8) is 0 Å². The minimum Gasteiger partial charge on any atom is -0.369 e. The molecule has 2 aromatic heterocycles. The van der Waals surface area contributed by atoms with Crippen molar-refractivity contribution in [3.05, 3.63) is 71.1 Å². The number of benzene rings is 2. The number of rotatable bonds is 7. The first-order chi connectivity index (χ1) is 17.1. The first-order valence-electron chi connectivity index (χ1n) is 11.8. The van der Waals surface area contributed by atoms with Crippen LogP contribution in [-0.2, 0) is 0 Å². The summed E-state index contributed by atoms with van der Waals surface area (Å²) < 4.78 is 0. The number of anilines is 1. The largest absolute Gasteiger partial charge is 0.369 e. The number of piperazine rings is 1. The van der Waals surface area contributed by atoms with E-state index >= 15 is 0 Å². The Kier molecular flexibility index (Phi) is 6.92. The molecule has 0 atom stereocenters. The van der Waals surface area contributed by atoms with Crippen LogP contribution in [-0.4, -0.2) is 70.0 Å². The molecule has 0 spiro atoms. The Labute approximate surface area is 209 Å². The maximum absolute atomic E-state index is 12.7. The summed E-state index contributed by atoms with van der Waals surface area (Å²) in [6.45, 7) is 7.58. The molecular weight excluding hydrogens is 462 g/mol. The lowest BCUT2D eigenvalue weighted by Gasteiger charge is -2.36. The number of aromatic amines is 1. The van der Waals surface area contributed by atoms with Gasteiger partial charge in [-0.15, -0.1) is 0 Å². The zero-order valence-corrected chi connectivity index (χ0v) is 20.4. The van der Waals surface area contributed by atoms with Crippen LogP contribution >= 0.6 is 11.6 Å². The molecule has 0 bridgehead atoms. The number of amides is 1. The first-order valence-corrected chi connectivity index (χ1v) is 12.2. The molecule has 0 unspecified atom stereocenters. The number of fused-ring (bicyclic) bond motifs is 1. The molecule has 3 heterocycles. The van der Waals surface area contributed by atoms with Gasteiger partial charge in [-0.1, -0.05) is 23.7 Å². The number of halogens is 1. The van der Waals surface area contributed by atoms with Gasteiger partial charge in [0, 0.05) is 54.6 Å². The normalized spacial score (nSPS) is 14.4. The molecule has 180 valence electrons. The number of aryl methyl sites for hydroxylation is 1. The summed E-state index contributed by atoms with van der Waals surface area (Å²) in [5, 5.41) is 3.83. The Morgan fingerprint density at radius 1 is 1.14 bits per heavy atom. The fourth-order valence-electron chi connectivity index (χ4n) is 4.47. The summed E-state index contributed by atoms with van der Waals surface area (Å²) >= 11 is 6.13. The molecule has 4 aromatic rings. The molecule has 1 saturated heterocycles. The Morgan fingerprint density at radius 2 is 2.00 bits per heavy atom. The lowest BCUT2D eigenvalue weighted by atomic mass is 10.0. The van der Waals surface area contributed by atoms with Gasteiger partial charge in [-0.05, 0) is 55.8 Å². The molecule has 1 aliphatic rings. The monoisotopic (exact) mass is 489 g/mol. The zero-order chi connectivity index (χ0) is 24.2. The van der Waals surface area contributed by atoms with Crippen molar-refractivity contribution in [3.8, 4) is 11.4 Å². The van der Waals surface area contributed by atoms with Crippen molar-refractivity contribution in [2.24, 2.45) is 0 Å². The van der Waals surface area contributed by atoms with Gasteiger partial charge in [0.15, 0.2) is 5.65 Å². The van der Waals surface area contributed by atoms with Crippen LogP contribution in [0.25, 0.3) is 22.6 Å². The smallest absolute Gasteiger partial charge is 0.251 e. The van der Waals surface area contributed by atoms with Crippen LogP contribution in [0.1, 0.15) is 22.3 Å². The molecule has 0 saturated carbocycles. The fourth-order valence-corrected chi connectivity index (χ4v) is 4.65. The maximum Gasteiger partial charge on any atom is 0.251 e. The fraction of sp³-hybridized carbons (Fsp3) is 0.308. The third kappa shape index (κ3) is 5.44. The van der Waals surface area contributed by atoms with Gasteiger partial charge in [0.2, 0.25) is 0 Å². The highest BCUT2D eigenvalue weighted by atomic mass is 35.5. The molecule has 0 radical (unpaired) electrons. The van der Waals surface area contributed by atoms with Crippen molar-refractivity contribution in [1.29, 1.82) is 0 Å². The second kappa shape index (κ2) is 10.4. The van der Waals surface area contributed by atoms with E-state index in [9.17, 15) is 4.79 Å². The van der Waals surface area contributed by atoms with E-state index in [1.807, 2.05) is 43.3 Å². The van der Waals surface area contributed by atoms with Crippen LogP contribution in [0, 0.1) is 6.92 Å². The van der Waals surface area contributed by atoms with Gasteiger partial charge in [0.05, 0.1) is 6.20 Å². The Hall–Kier alpha value is -3.49. The minimum absolute atomic E-state index is 0.0547. The molecule has 2 aromatic carbocycles. The van der Waals surface area contributed by atoms with Crippen molar-refractivity contribution in [2.75, 3.05) is 44.2 Å². The Morgan fingerprint density at radius 3 is 2.77 bits per heavy atom. The Bertz CT molecular complexity index is 1300. The minimum atomic E-state index is -0.0547. The molecule has 2 N–H and O–H groups in total. The van der Waals surface area contributed by atoms with Crippen LogP contribution in [0.15, 0.2) is 55.0 Å². The van der Waals surface area contributed by atoms with Crippen molar-refractivity contribution >= 4 is 34.4 Å². The summed E-state index contributed by atoms with van der Waals surface area (Å²) in [6.07, 6.45) is 4.10. The number of hydrogen-bond donors (Lipinski definition) is 2. The molecule has 1 fully saturated rings. The quantitative estimate of drug-likeness (QED) is 0.382. The molecule has 8 nitrogen and oxygen atoms in total. The molecular formula is C26H28ClN7O. The van der Waals surface area contributed by atoms with Gasteiger partial charge < -0.3 is 15.2 Å². The summed E-state index contributed by atoms with van der Waals surface area (Å²) in [7, 11) is 0. The van der Waals surface area contributed by atoms with E-state index in [1.165, 1.54) is 12.0 Å². The molecule has 5 rings (SSSR count). The van der Waals surface area contributed by atoms with Gasteiger partial charge >= 0.3 is 0 Å². The van der Waals surface area contributed by atoms with Crippen LogP contribution in [0.5, 0.6) is 0 Å². The number of carbonyl (C=O) groups excluding carboxylic acids is 1. The predicted octanol–water partition coefficient (Wildman–Crippen LogP) is 3.92. The molecule has 0 aliphatic carbocycles. The van der Waals surface area contributed by atoms with Crippen molar-refractivity contribution in [2.45, 2.75) is 13.3 Å². The topological polar surface area (TPSA) is 90.0 Å². The lowest BCUT2D eigenvalue weighted by molar-refractivity contribution is 0.0951. The van der Waals surface area contributed by atoms with E-state index < -0.39 is 0 Å². The van der Waals surface area contributed by atoms with E-state index in [4.69, 9.17) is 11.6 Å². The van der Waals surface area contributed by atoms with Gasteiger partial charge in [-0.3, -0.25) is 9.69 Å².